The summed E-state index contributed by atoms with van der Waals surface area (Å²) in [4.78, 5) is 0.378. The fraction of sp³-hybridized carbons (Fsp3) is 0.105. The maximum absolute atomic E-state index is 12.6. The standard InChI is InChI=1S/C19H15N3O3S/c1-13-14(2)21-22-19(18(13)12-20)25-15-8-10-17(11-9-15)26(23,24)16-6-4-3-5-7-16/h3-11H,1-2H3. The van der Waals surface area contributed by atoms with Gasteiger partial charge in [0, 0.05) is 0 Å². The van der Waals surface area contributed by atoms with Crippen LogP contribution in [0.2, 0.25) is 0 Å². The molecule has 0 saturated heterocycles. The highest BCUT2D eigenvalue weighted by atomic mass is 32.2. The number of aryl methyl sites for hydroxylation is 1. The smallest absolute Gasteiger partial charge is 0.257 e. The lowest BCUT2D eigenvalue weighted by atomic mass is 10.1. The maximum atomic E-state index is 12.6. The molecule has 0 aliphatic heterocycles. The van der Waals surface area contributed by atoms with Crippen LogP contribution in [0.25, 0.3) is 0 Å². The second-order valence-corrected chi connectivity index (χ2v) is 7.54. The molecule has 0 N–H and O–H groups in total. The molecule has 7 heteroatoms. The van der Waals surface area contributed by atoms with Crippen LogP contribution >= 0.6 is 0 Å². The van der Waals surface area contributed by atoms with E-state index in [1.807, 2.05) is 0 Å². The highest BCUT2D eigenvalue weighted by molar-refractivity contribution is 7.91. The van der Waals surface area contributed by atoms with E-state index in [1.165, 1.54) is 24.3 Å². The fourth-order valence-corrected chi connectivity index (χ4v) is 3.61. The van der Waals surface area contributed by atoms with Gasteiger partial charge in [-0.15, -0.1) is 5.10 Å². The molecule has 3 aromatic rings. The van der Waals surface area contributed by atoms with Gasteiger partial charge < -0.3 is 4.74 Å². The van der Waals surface area contributed by atoms with Crippen molar-refractivity contribution in [1.82, 2.24) is 10.2 Å². The molecule has 26 heavy (non-hydrogen) atoms. The van der Waals surface area contributed by atoms with Gasteiger partial charge in [-0.3, -0.25) is 0 Å². The van der Waals surface area contributed by atoms with Gasteiger partial charge in [-0.05, 0) is 55.8 Å². The van der Waals surface area contributed by atoms with Crippen molar-refractivity contribution >= 4 is 9.84 Å². The monoisotopic (exact) mass is 365 g/mol. The molecule has 0 spiro atoms. The number of sulfone groups is 1. The van der Waals surface area contributed by atoms with Crippen LogP contribution in [0.1, 0.15) is 16.8 Å². The summed E-state index contributed by atoms with van der Waals surface area (Å²) in [7, 11) is -3.59. The Morgan fingerprint density at radius 2 is 1.54 bits per heavy atom. The average molecular weight is 365 g/mol. The molecule has 0 saturated carbocycles. The predicted octanol–water partition coefficient (Wildman–Crippen LogP) is 3.59. The molecule has 0 bridgehead atoms. The van der Waals surface area contributed by atoms with E-state index in [0.29, 0.717) is 22.6 Å². The van der Waals surface area contributed by atoms with Gasteiger partial charge in [-0.2, -0.15) is 10.4 Å². The molecular formula is C19H15N3O3S. The van der Waals surface area contributed by atoms with Gasteiger partial charge in [0.15, 0.2) is 0 Å². The normalized spacial score (nSPS) is 11.0. The SMILES string of the molecule is Cc1nnc(Oc2ccc(S(=O)(=O)c3ccccc3)cc2)c(C#N)c1C. The van der Waals surface area contributed by atoms with E-state index in [9.17, 15) is 13.7 Å². The number of hydrogen-bond acceptors (Lipinski definition) is 6. The number of nitriles is 1. The molecule has 0 amide bonds. The second-order valence-electron chi connectivity index (χ2n) is 5.59. The van der Waals surface area contributed by atoms with E-state index in [4.69, 9.17) is 4.74 Å². The van der Waals surface area contributed by atoms with Crippen molar-refractivity contribution in [3.05, 3.63) is 71.4 Å². The highest BCUT2D eigenvalue weighted by Gasteiger charge is 2.18. The maximum Gasteiger partial charge on any atom is 0.257 e. The highest BCUT2D eigenvalue weighted by Crippen LogP contribution is 2.27. The van der Waals surface area contributed by atoms with Crippen LogP contribution in [0.3, 0.4) is 0 Å². The van der Waals surface area contributed by atoms with Crippen molar-refractivity contribution in [2.45, 2.75) is 23.6 Å². The first kappa shape index (κ1) is 17.6. The molecule has 0 fully saturated rings. The largest absolute Gasteiger partial charge is 0.437 e. The Morgan fingerprint density at radius 3 is 2.15 bits per heavy atom. The van der Waals surface area contributed by atoms with Gasteiger partial charge in [0.05, 0.1) is 15.5 Å². The Balaban J connectivity index is 1.90. The minimum Gasteiger partial charge on any atom is -0.437 e. The van der Waals surface area contributed by atoms with E-state index >= 15 is 0 Å². The molecule has 0 aliphatic carbocycles. The summed E-state index contributed by atoms with van der Waals surface area (Å²) >= 11 is 0. The quantitative estimate of drug-likeness (QED) is 0.701. The lowest BCUT2D eigenvalue weighted by molar-refractivity contribution is 0.451. The number of hydrogen-bond donors (Lipinski definition) is 0. The van der Waals surface area contributed by atoms with Gasteiger partial charge in [-0.25, -0.2) is 8.42 Å². The number of benzene rings is 2. The second kappa shape index (κ2) is 6.94. The van der Waals surface area contributed by atoms with Gasteiger partial charge >= 0.3 is 0 Å². The van der Waals surface area contributed by atoms with Crippen molar-refractivity contribution in [2.24, 2.45) is 0 Å². The summed E-state index contributed by atoms with van der Waals surface area (Å²) in [6.07, 6.45) is 0. The number of nitrogens with zero attached hydrogens (tertiary/aromatic N) is 3. The summed E-state index contributed by atoms with van der Waals surface area (Å²) in [6, 6.07) is 16.2. The third kappa shape index (κ3) is 3.27. The number of aromatic nitrogens is 2. The summed E-state index contributed by atoms with van der Waals surface area (Å²) in [5.41, 5.74) is 1.65. The minimum atomic E-state index is -3.59. The zero-order chi connectivity index (χ0) is 18.7. The van der Waals surface area contributed by atoms with Crippen LogP contribution < -0.4 is 4.74 Å². The zero-order valence-electron chi connectivity index (χ0n) is 14.2. The molecular weight excluding hydrogens is 350 g/mol. The Morgan fingerprint density at radius 1 is 0.923 bits per heavy atom. The van der Waals surface area contributed by atoms with Gasteiger partial charge in [0.25, 0.3) is 5.88 Å². The summed E-state index contributed by atoms with van der Waals surface area (Å²) in [5.74, 6) is 0.459. The lowest BCUT2D eigenvalue weighted by Gasteiger charge is -2.09. The lowest BCUT2D eigenvalue weighted by Crippen LogP contribution is -2.02. The summed E-state index contributed by atoms with van der Waals surface area (Å²) < 4.78 is 30.8. The molecule has 0 unspecified atom stereocenters. The average Bonchev–Trinajstić information content (AvgIpc) is 2.66. The minimum absolute atomic E-state index is 0.0919. The first-order chi connectivity index (χ1) is 12.4. The molecule has 0 atom stereocenters. The first-order valence-electron chi connectivity index (χ1n) is 7.75. The third-order valence-corrected chi connectivity index (χ3v) is 5.72. The molecule has 6 nitrogen and oxygen atoms in total. The molecule has 1 heterocycles. The Hall–Kier alpha value is -3.24. The Bertz CT molecular complexity index is 1090. The van der Waals surface area contributed by atoms with E-state index in [0.717, 1.165) is 0 Å². The Labute approximate surface area is 151 Å². The van der Waals surface area contributed by atoms with E-state index in [1.54, 1.807) is 44.2 Å². The molecule has 2 aromatic carbocycles. The first-order valence-corrected chi connectivity index (χ1v) is 9.24. The van der Waals surface area contributed by atoms with E-state index in [-0.39, 0.29) is 15.7 Å². The fourth-order valence-electron chi connectivity index (χ4n) is 2.32. The van der Waals surface area contributed by atoms with E-state index < -0.39 is 9.84 Å². The van der Waals surface area contributed by atoms with Crippen molar-refractivity contribution in [3.8, 4) is 17.7 Å². The third-order valence-electron chi connectivity index (χ3n) is 3.94. The van der Waals surface area contributed by atoms with Gasteiger partial charge in [-0.1, -0.05) is 18.2 Å². The van der Waals surface area contributed by atoms with Crippen molar-refractivity contribution < 1.29 is 13.2 Å². The van der Waals surface area contributed by atoms with Crippen LogP contribution in [0.5, 0.6) is 11.6 Å². The molecule has 1 aromatic heterocycles. The van der Waals surface area contributed by atoms with Crippen LogP contribution in [0, 0.1) is 25.2 Å². The Kier molecular flexibility index (Phi) is 4.69. The van der Waals surface area contributed by atoms with Crippen LogP contribution in [-0.2, 0) is 9.84 Å². The van der Waals surface area contributed by atoms with Gasteiger partial charge in [0.1, 0.15) is 17.4 Å². The summed E-state index contributed by atoms with van der Waals surface area (Å²) in [5, 5.41) is 17.2. The van der Waals surface area contributed by atoms with Crippen molar-refractivity contribution in [1.29, 1.82) is 5.26 Å². The van der Waals surface area contributed by atoms with E-state index in [2.05, 4.69) is 16.3 Å². The number of ether oxygens (including phenoxy) is 1. The van der Waals surface area contributed by atoms with Crippen molar-refractivity contribution in [2.75, 3.05) is 0 Å². The topological polar surface area (TPSA) is 92.9 Å². The predicted molar refractivity (Wildman–Crippen MR) is 94.6 cm³/mol. The molecule has 130 valence electrons. The molecule has 0 radical (unpaired) electrons. The molecule has 0 aliphatic rings. The van der Waals surface area contributed by atoms with Crippen LogP contribution in [0.15, 0.2) is 64.4 Å². The zero-order valence-corrected chi connectivity index (χ0v) is 15.0. The van der Waals surface area contributed by atoms with Crippen molar-refractivity contribution in [3.63, 3.8) is 0 Å². The van der Waals surface area contributed by atoms with Gasteiger partial charge in [0.2, 0.25) is 9.84 Å². The molecule has 3 rings (SSSR count). The van der Waals surface area contributed by atoms with Crippen LogP contribution in [-0.4, -0.2) is 18.6 Å². The summed E-state index contributed by atoms with van der Waals surface area (Å²) in [6.45, 7) is 3.53. The number of rotatable bonds is 4. The van der Waals surface area contributed by atoms with Crippen LogP contribution in [0.4, 0.5) is 0 Å².